The summed E-state index contributed by atoms with van der Waals surface area (Å²) in [6, 6.07) is 0.0822. The summed E-state index contributed by atoms with van der Waals surface area (Å²) in [6.45, 7) is 1.80. The highest BCUT2D eigenvalue weighted by Gasteiger charge is 2.09. The van der Waals surface area contributed by atoms with Gasteiger partial charge in [0.15, 0.2) is 9.84 Å². The minimum atomic E-state index is -3.03. The van der Waals surface area contributed by atoms with E-state index in [9.17, 15) is 8.42 Å². The molecule has 1 heterocycles. The van der Waals surface area contributed by atoms with Gasteiger partial charge in [-0.25, -0.2) is 14.3 Å². The van der Waals surface area contributed by atoms with Crippen molar-refractivity contribution < 1.29 is 13.2 Å². The molecule has 1 aromatic rings. The van der Waals surface area contributed by atoms with Crippen LogP contribution < -0.4 is 21.3 Å². The number of hydrogen-bond acceptors (Lipinski definition) is 9. The summed E-state index contributed by atoms with van der Waals surface area (Å²) >= 11 is 0. The first-order chi connectivity index (χ1) is 8.50. The molecular weight excluding hydrogens is 260 g/mol. The number of ether oxygens (including phenoxy) is 1. The molecule has 0 aliphatic heterocycles. The fourth-order valence-corrected chi connectivity index (χ4v) is 1.76. The molecule has 0 fully saturated rings. The van der Waals surface area contributed by atoms with Gasteiger partial charge in [-0.3, -0.25) is 5.43 Å². The predicted molar refractivity (Wildman–Crippen MR) is 67.0 cm³/mol. The molecule has 0 saturated heterocycles. The van der Waals surface area contributed by atoms with Crippen LogP contribution in [0.5, 0.6) is 6.01 Å². The third-order valence-corrected chi connectivity index (χ3v) is 3.77. The summed E-state index contributed by atoms with van der Waals surface area (Å²) in [4.78, 5) is 11.6. The Bertz CT molecular complexity index is 469. The highest BCUT2D eigenvalue weighted by atomic mass is 32.2. The van der Waals surface area contributed by atoms with Crippen LogP contribution in [0.1, 0.15) is 6.92 Å². The second-order valence-corrected chi connectivity index (χ2v) is 5.75. The van der Waals surface area contributed by atoms with Crippen LogP contribution in [0.25, 0.3) is 0 Å². The maximum atomic E-state index is 11.3. The number of methoxy groups -OCH3 is 1. The molecule has 0 radical (unpaired) electrons. The van der Waals surface area contributed by atoms with Gasteiger partial charge in [0, 0.05) is 12.3 Å². The normalized spacial score (nSPS) is 11.1. The Hall–Kier alpha value is -1.68. The van der Waals surface area contributed by atoms with E-state index in [2.05, 4.69) is 25.7 Å². The maximum absolute atomic E-state index is 11.3. The van der Waals surface area contributed by atoms with Crippen molar-refractivity contribution in [2.75, 3.05) is 35.9 Å². The van der Waals surface area contributed by atoms with Gasteiger partial charge in [-0.05, 0) is 0 Å². The second-order valence-electron chi connectivity index (χ2n) is 3.28. The zero-order chi connectivity index (χ0) is 13.6. The highest BCUT2D eigenvalue weighted by Crippen LogP contribution is 2.09. The van der Waals surface area contributed by atoms with Gasteiger partial charge < -0.3 is 10.1 Å². The molecule has 0 bridgehead atoms. The molecule has 18 heavy (non-hydrogen) atoms. The fraction of sp³-hybridized carbons (Fsp3) is 0.625. The van der Waals surface area contributed by atoms with E-state index in [0.717, 1.165) is 0 Å². The SMILES string of the molecule is CCS(=O)(=O)CCNc1nc(NN)nc(OC)n1. The van der Waals surface area contributed by atoms with Crippen LogP contribution in [0, 0.1) is 0 Å². The van der Waals surface area contributed by atoms with Crippen molar-refractivity contribution in [1.29, 1.82) is 0 Å². The Kier molecular flexibility index (Phi) is 5.04. The lowest BCUT2D eigenvalue weighted by atomic mass is 10.7. The Labute approximate surface area is 105 Å². The molecule has 9 nitrogen and oxygen atoms in total. The standard InChI is InChI=1S/C8H16N6O3S/c1-3-18(15,16)5-4-10-6-11-7(14-9)13-8(12-6)17-2/h3-5,9H2,1-2H3,(H2,10,11,12,13,14). The minimum absolute atomic E-state index is 0.00286. The van der Waals surface area contributed by atoms with E-state index in [-0.39, 0.29) is 36.0 Å². The number of sulfone groups is 1. The number of nitrogens with two attached hydrogens (primary N) is 1. The minimum Gasteiger partial charge on any atom is -0.467 e. The van der Waals surface area contributed by atoms with Gasteiger partial charge in [0.05, 0.1) is 12.9 Å². The van der Waals surface area contributed by atoms with Gasteiger partial charge in [-0.15, -0.1) is 0 Å². The average Bonchev–Trinajstić information content (AvgIpc) is 2.38. The molecular formula is C8H16N6O3S. The van der Waals surface area contributed by atoms with Crippen molar-refractivity contribution in [3.8, 4) is 6.01 Å². The summed E-state index contributed by atoms with van der Waals surface area (Å²) < 4.78 is 27.4. The molecule has 1 rings (SSSR count). The van der Waals surface area contributed by atoms with E-state index >= 15 is 0 Å². The van der Waals surface area contributed by atoms with Crippen LogP contribution in [0.2, 0.25) is 0 Å². The number of aromatic nitrogens is 3. The maximum Gasteiger partial charge on any atom is 0.322 e. The number of hydrazine groups is 1. The smallest absolute Gasteiger partial charge is 0.322 e. The van der Waals surface area contributed by atoms with Crippen LogP contribution >= 0.6 is 0 Å². The molecule has 102 valence electrons. The predicted octanol–water partition coefficient (Wildman–Crippen LogP) is -0.988. The average molecular weight is 276 g/mol. The lowest BCUT2D eigenvalue weighted by Crippen LogP contribution is -2.19. The summed E-state index contributed by atoms with van der Waals surface area (Å²) in [5, 5.41) is 2.77. The molecule has 0 aromatic carbocycles. The zero-order valence-electron chi connectivity index (χ0n) is 10.2. The Morgan fingerprint density at radius 2 is 1.94 bits per heavy atom. The first kappa shape index (κ1) is 14.4. The number of hydrogen-bond donors (Lipinski definition) is 3. The number of nitrogens with zero attached hydrogens (tertiary/aromatic N) is 3. The van der Waals surface area contributed by atoms with Crippen LogP contribution in [0.4, 0.5) is 11.9 Å². The quantitative estimate of drug-likeness (QED) is 0.424. The van der Waals surface area contributed by atoms with Gasteiger partial charge in [0.25, 0.3) is 0 Å². The summed E-state index contributed by atoms with van der Waals surface area (Å²) in [6.07, 6.45) is 0. The van der Waals surface area contributed by atoms with Crippen molar-refractivity contribution in [3.63, 3.8) is 0 Å². The molecule has 0 aliphatic carbocycles. The molecule has 4 N–H and O–H groups in total. The number of nitrogens with one attached hydrogen (secondary N) is 2. The largest absolute Gasteiger partial charge is 0.467 e. The number of nitrogen functional groups attached to an aromatic ring is 1. The van der Waals surface area contributed by atoms with Crippen LogP contribution in [0.15, 0.2) is 0 Å². The third kappa shape index (κ3) is 4.30. The molecule has 0 aliphatic rings. The van der Waals surface area contributed by atoms with Crippen LogP contribution in [-0.2, 0) is 9.84 Å². The van der Waals surface area contributed by atoms with Crippen molar-refractivity contribution >= 4 is 21.7 Å². The van der Waals surface area contributed by atoms with E-state index in [1.54, 1.807) is 6.92 Å². The second kappa shape index (κ2) is 6.31. The van der Waals surface area contributed by atoms with Gasteiger partial charge in [0.2, 0.25) is 11.9 Å². The zero-order valence-corrected chi connectivity index (χ0v) is 11.0. The monoisotopic (exact) mass is 276 g/mol. The van der Waals surface area contributed by atoms with Crippen molar-refractivity contribution in [3.05, 3.63) is 0 Å². The first-order valence-electron chi connectivity index (χ1n) is 5.21. The van der Waals surface area contributed by atoms with Crippen molar-refractivity contribution in [2.24, 2.45) is 5.84 Å². The summed E-state index contributed by atoms with van der Waals surface area (Å²) in [5.74, 6) is 5.61. The van der Waals surface area contributed by atoms with Gasteiger partial charge in [-0.1, -0.05) is 6.92 Å². The first-order valence-corrected chi connectivity index (χ1v) is 7.04. The summed E-state index contributed by atoms with van der Waals surface area (Å²) in [7, 11) is -1.62. The number of rotatable bonds is 7. The summed E-state index contributed by atoms with van der Waals surface area (Å²) in [5.41, 5.74) is 2.26. The van der Waals surface area contributed by atoms with Crippen LogP contribution in [0.3, 0.4) is 0 Å². The van der Waals surface area contributed by atoms with E-state index in [4.69, 9.17) is 10.6 Å². The van der Waals surface area contributed by atoms with Crippen LogP contribution in [-0.4, -0.2) is 48.5 Å². The topological polar surface area (TPSA) is 132 Å². The van der Waals surface area contributed by atoms with E-state index in [1.165, 1.54) is 7.11 Å². The Morgan fingerprint density at radius 1 is 1.28 bits per heavy atom. The van der Waals surface area contributed by atoms with Crippen molar-refractivity contribution in [1.82, 2.24) is 15.0 Å². The Morgan fingerprint density at radius 3 is 2.50 bits per heavy atom. The molecule has 0 saturated carbocycles. The Balaban J connectivity index is 2.67. The lowest BCUT2D eigenvalue weighted by Gasteiger charge is -2.07. The number of anilines is 2. The van der Waals surface area contributed by atoms with Gasteiger partial charge in [-0.2, -0.15) is 15.0 Å². The molecule has 10 heteroatoms. The van der Waals surface area contributed by atoms with E-state index < -0.39 is 9.84 Å². The molecule has 0 atom stereocenters. The fourth-order valence-electron chi connectivity index (χ4n) is 1.05. The molecule has 0 amide bonds. The van der Waals surface area contributed by atoms with Gasteiger partial charge in [0.1, 0.15) is 0 Å². The van der Waals surface area contributed by atoms with E-state index in [1.807, 2.05) is 0 Å². The lowest BCUT2D eigenvalue weighted by molar-refractivity contribution is 0.379. The third-order valence-electron chi connectivity index (χ3n) is 2.06. The molecule has 0 spiro atoms. The van der Waals surface area contributed by atoms with E-state index in [0.29, 0.717) is 0 Å². The molecule has 1 aromatic heterocycles. The van der Waals surface area contributed by atoms with Crippen molar-refractivity contribution in [2.45, 2.75) is 6.92 Å². The molecule has 0 unspecified atom stereocenters. The van der Waals surface area contributed by atoms with Gasteiger partial charge >= 0.3 is 6.01 Å². The highest BCUT2D eigenvalue weighted by molar-refractivity contribution is 7.91.